The lowest BCUT2D eigenvalue weighted by Gasteiger charge is -2.08. The number of benzene rings is 2. The van der Waals surface area contributed by atoms with Gasteiger partial charge >= 0.3 is 0 Å². The summed E-state index contributed by atoms with van der Waals surface area (Å²) >= 11 is 0. The molecular formula is C18H15F2N5O2. The van der Waals surface area contributed by atoms with E-state index in [9.17, 15) is 18.4 Å². The van der Waals surface area contributed by atoms with Gasteiger partial charge in [0.05, 0.1) is 13.1 Å². The van der Waals surface area contributed by atoms with Gasteiger partial charge in [-0.1, -0.05) is 12.1 Å². The summed E-state index contributed by atoms with van der Waals surface area (Å²) in [5, 5.41) is 8.84. The molecule has 0 saturated carbocycles. The molecule has 0 bridgehead atoms. The Morgan fingerprint density at radius 1 is 1.04 bits per heavy atom. The van der Waals surface area contributed by atoms with Crippen molar-refractivity contribution >= 4 is 17.5 Å². The Morgan fingerprint density at radius 2 is 1.81 bits per heavy atom. The molecule has 2 N–H and O–H groups in total. The van der Waals surface area contributed by atoms with E-state index in [1.807, 2.05) is 0 Å². The van der Waals surface area contributed by atoms with Crippen LogP contribution in [0.3, 0.4) is 0 Å². The van der Waals surface area contributed by atoms with Crippen LogP contribution in [0.1, 0.15) is 15.9 Å². The monoisotopic (exact) mass is 371 g/mol. The van der Waals surface area contributed by atoms with E-state index in [4.69, 9.17) is 0 Å². The minimum absolute atomic E-state index is 0.102. The van der Waals surface area contributed by atoms with E-state index >= 15 is 0 Å². The minimum atomic E-state index is -1.07. The number of rotatable bonds is 6. The number of nitrogens with zero attached hydrogens (tertiary/aromatic N) is 3. The first kappa shape index (κ1) is 18.2. The third-order valence-corrected chi connectivity index (χ3v) is 3.64. The van der Waals surface area contributed by atoms with Crippen LogP contribution in [0.25, 0.3) is 0 Å². The van der Waals surface area contributed by atoms with Gasteiger partial charge in [0.2, 0.25) is 5.91 Å². The molecule has 138 valence electrons. The van der Waals surface area contributed by atoms with Crippen LogP contribution in [0.5, 0.6) is 0 Å². The van der Waals surface area contributed by atoms with Crippen molar-refractivity contribution in [2.75, 3.05) is 11.9 Å². The van der Waals surface area contributed by atoms with Gasteiger partial charge in [-0.3, -0.25) is 9.59 Å². The first-order chi connectivity index (χ1) is 13.0. The number of hydrogen-bond donors (Lipinski definition) is 2. The second-order valence-electron chi connectivity index (χ2n) is 5.65. The lowest BCUT2D eigenvalue weighted by molar-refractivity contribution is -0.115. The van der Waals surface area contributed by atoms with Crippen molar-refractivity contribution in [3.05, 3.63) is 77.9 Å². The van der Waals surface area contributed by atoms with Crippen molar-refractivity contribution in [1.29, 1.82) is 0 Å². The third-order valence-electron chi connectivity index (χ3n) is 3.64. The third kappa shape index (κ3) is 4.94. The minimum Gasteiger partial charge on any atom is -0.343 e. The quantitative estimate of drug-likeness (QED) is 0.693. The molecule has 3 aromatic rings. The predicted octanol–water partition coefficient (Wildman–Crippen LogP) is 1.97. The fraction of sp³-hybridized carbons (Fsp3) is 0.111. The molecule has 1 heterocycles. The maximum absolute atomic E-state index is 13.1. The fourth-order valence-corrected chi connectivity index (χ4v) is 2.30. The van der Waals surface area contributed by atoms with Gasteiger partial charge in [0.1, 0.15) is 12.7 Å². The zero-order chi connectivity index (χ0) is 19.2. The lowest BCUT2D eigenvalue weighted by atomic mass is 10.1. The van der Waals surface area contributed by atoms with E-state index in [0.717, 1.165) is 17.7 Å². The highest BCUT2D eigenvalue weighted by molar-refractivity contribution is 5.99. The zero-order valence-corrected chi connectivity index (χ0v) is 14.0. The number of halogens is 2. The zero-order valence-electron chi connectivity index (χ0n) is 14.0. The van der Waals surface area contributed by atoms with Crippen LogP contribution in [0.2, 0.25) is 0 Å². The van der Waals surface area contributed by atoms with E-state index in [2.05, 4.69) is 20.7 Å². The summed E-state index contributed by atoms with van der Waals surface area (Å²) in [4.78, 5) is 27.8. The SMILES string of the molecule is O=C(CNC(=O)c1ccc(Cn2cncn2)cc1)Nc1ccc(F)c(F)c1. The molecule has 27 heavy (non-hydrogen) atoms. The number of hydrogen-bond acceptors (Lipinski definition) is 4. The number of carbonyl (C=O) groups excluding carboxylic acids is 2. The molecule has 2 aromatic carbocycles. The van der Waals surface area contributed by atoms with Crippen molar-refractivity contribution in [3.63, 3.8) is 0 Å². The Kier molecular flexibility index (Phi) is 5.50. The standard InChI is InChI=1S/C18H15F2N5O2/c19-15-6-5-14(7-16(15)20)24-17(26)8-22-18(27)13-3-1-12(2-4-13)9-25-11-21-10-23-25/h1-7,10-11H,8-9H2,(H,22,27)(H,24,26). The van der Waals surface area contributed by atoms with Crippen LogP contribution < -0.4 is 10.6 Å². The first-order valence-corrected chi connectivity index (χ1v) is 7.96. The van der Waals surface area contributed by atoms with Crippen LogP contribution >= 0.6 is 0 Å². The molecule has 2 amide bonds. The first-order valence-electron chi connectivity index (χ1n) is 7.96. The molecule has 7 nitrogen and oxygen atoms in total. The lowest BCUT2D eigenvalue weighted by Crippen LogP contribution is -2.32. The number of amides is 2. The maximum atomic E-state index is 13.1. The van der Waals surface area contributed by atoms with Crippen molar-refractivity contribution in [2.24, 2.45) is 0 Å². The van der Waals surface area contributed by atoms with Crippen LogP contribution in [0, 0.1) is 11.6 Å². The van der Waals surface area contributed by atoms with Crippen molar-refractivity contribution < 1.29 is 18.4 Å². The second kappa shape index (κ2) is 8.17. The summed E-state index contributed by atoms with van der Waals surface area (Å²) in [6.45, 7) is 0.219. The maximum Gasteiger partial charge on any atom is 0.251 e. The van der Waals surface area contributed by atoms with E-state index in [1.54, 1.807) is 35.3 Å². The van der Waals surface area contributed by atoms with E-state index in [1.165, 1.54) is 12.4 Å². The van der Waals surface area contributed by atoms with Gasteiger partial charge in [0, 0.05) is 17.3 Å². The molecule has 0 saturated heterocycles. The van der Waals surface area contributed by atoms with E-state index < -0.39 is 23.4 Å². The Hall–Kier alpha value is -3.62. The van der Waals surface area contributed by atoms with E-state index in [-0.39, 0.29) is 12.2 Å². The summed E-state index contributed by atoms with van der Waals surface area (Å²) in [6, 6.07) is 9.82. The van der Waals surface area contributed by atoms with Gasteiger partial charge in [-0.25, -0.2) is 18.4 Å². The van der Waals surface area contributed by atoms with Gasteiger partial charge in [0.25, 0.3) is 5.91 Å². The molecule has 0 atom stereocenters. The van der Waals surface area contributed by atoms with Crippen molar-refractivity contribution in [2.45, 2.75) is 6.54 Å². The van der Waals surface area contributed by atoms with Gasteiger partial charge in [-0.05, 0) is 29.8 Å². The predicted molar refractivity (Wildman–Crippen MR) is 92.9 cm³/mol. The van der Waals surface area contributed by atoms with Gasteiger partial charge in [-0.2, -0.15) is 5.10 Å². The normalized spacial score (nSPS) is 10.4. The molecule has 0 aliphatic rings. The fourth-order valence-electron chi connectivity index (χ4n) is 2.30. The van der Waals surface area contributed by atoms with Crippen LogP contribution in [-0.2, 0) is 11.3 Å². The highest BCUT2D eigenvalue weighted by atomic mass is 19.2. The average molecular weight is 371 g/mol. The molecule has 0 radical (unpaired) electrons. The molecule has 0 fully saturated rings. The summed E-state index contributed by atoms with van der Waals surface area (Å²) in [7, 11) is 0. The summed E-state index contributed by atoms with van der Waals surface area (Å²) in [5.74, 6) is -3.06. The molecule has 0 aliphatic heterocycles. The van der Waals surface area contributed by atoms with Crippen LogP contribution in [0.15, 0.2) is 55.1 Å². The largest absolute Gasteiger partial charge is 0.343 e. The Morgan fingerprint density at radius 3 is 2.48 bits per heavy atom. The Labute approximate surface area is 153 Å². The molecule has 0 unspecified atom stereocenters. The average Bonchev–Trinajstić information content (AvgIpc) is 3.16. The summed E-state index contributed by atoms with van der Waals surface area (Å²) < 4.78 is 27.6. The summed E-state index contributed by atoms with van der Waals surface area (Å²) in [5.41, 5.74) is 1.43. The summed E-state index contributed by atoms with van der Waals surface area (Å²) in [6.07, 6.45) is 3.03. The van der Waals surface area contributed by atoms with Crippen molar-refractivity contribution in [3.8, 4) is 0 Å². The van der Waals surface area contributed by atoms with Crippen LogP contribution in [0.4, 0.5) is 14.5 Å². The molecule has 9 heteroatoms. The number of carbonyl (C=O) groups is 2. The van der Waals surface area contributed by atoms with Gasteiger partial charge < -0.3 is 10.6 Å². The Balaban J connectivity index is 1.50. The number of nitrogens with one attached hydrogen (secondary N) is 2. The van der Waals surface area contributed by atoms with Gasteiger partial charge in [0.15, 0.2) is 11.6 Å². The molecule has 1 aromatic heterocycles. The van der Waals surface area contributed by atoms with Crippen molar-refractivity contribution in [1.82, 2.24) is 20.1 Å². The highest BCUT2D eigenvalue weighted by Crippen LogP contribution is 2.12. The second-order valence-corrected chi connectivity index (χ2v) is 5.65. The molecular weight excluding hydrogens is 356 g/mol. The number of anilines is 1. The van der Waals surface area contributed by atoms with Crippen LogP contribution in [-0.4, -0.2) is 33.1 Å². The topological polar surface area (TPSA) is 88.9 Å². The smallest absolute Gasteiger partial charge is 0.251 e. The molecule has 0 aliphatic carbocycles. The number of aromatic nitrogens is 3. The highest BCUT2D eigenvalue weighted by Gasteiger charge is 2.10. The molecule has 0 spiro atoms. The van der Waals surface area contributed by atoms with E-state index in [0.29, 0.717) is 12.1 Å². The van der Waals surface area contributed by atoms with Gasteiger partial charge in [-0.15, -0.1) is 0 Å². The molecule has 3 rings (SSSR count). The Bertz CT molecular complexity index is 943.